The third kappa shape index (κ3) is 3.86. The van der Waals surface area contributed by atoms with Crippen LogP contribution in [0.25, 0.3) is 5.65 Å². The van der Waals surface area contributed by atoms with Crippen molar-refractivity contribution in [2.45, 2.75) is 43.4 Å². The fourth-order valence-electron chi connectivity index (χ4n) is 7.16. The molecule has 43 heavy (non-hydrogen) atoms. The smallest absolute Gasteiger partial charge is 0.353 e. The molecule has 9 heteroatoms. The topological polar surface area (TPSA) is 122 Å². The van der Waals surface area contributed by atoms with E-state index in [-0.39, 0.29) is 35.5 Å². The van der Waals surface area contributed by atoms with E-state index >= 15 is 0 Å². The lowest BCUT2D eigenvalue weighted by Crippen LogP contribution is -3.23. The first-order chi connectivity index (χ1) is 20.7. The van der Waals surface area contributed by atoms with Crippen molar-refractivity contribution in [3.05, 3.63) is 130 Å². The van der Waals surface area contributed by atoms with Gasteiger partial charge in [0.05, 0.1) is 35.4 Å². The predicted octanol–water partition coefficient (Wildman–Crippen LogP) is 3.05. The summed E-state index contributed by atoms with van der Waals surface area (Å²) in [5.41, 5.74) is 5.83. The van der Waals surface area contributed by atoms with Crippen LogP contribution in [0.5, 0.6) is 0 Å². The molecule has 9 nitrogen and oxygen atoms in total. The van der Waals surface area contributed by atoms with Crippen molar-refractivity contribution in [3.8, 4) is 0 Å². The first kappa shape index (κ1) is 25.8. The normalized spacial score (nSPS) is 20.4. The second kappa shape index (κ2) is 9.08. The molecule has 2 amide bonds. The van der Waals surface area contributed by atoms with E-state index in [2.05, 4.69) is 22.2 Å². The zero-order chi connectivity index (χ0) is 29.5. The van der Waals surface area contributed by atoms with Gasteiger partial charge in [0.15, 0.2) is 17.3 Å². The van der Waals surface area contributed by atoms with Gasteiger partial charge in [-0.1, -0.05) is 66.7 Å². The maximum atomic E-state index is 13.5. The van der Waals surface area contributed by atoms with Gasteiger partial charge in [0, 0.05) is 29.3 Å². The number of rotatable bonds is 4. The molecule has 3 aromatic carbocycles. The molecule has 3 N–H and O–H groups in total. The van der Waals surface area contributed by atoms with Gasteiger partial charge in [0.2, 0.25) is 0 Å². The maximum absolute atomic E-state index is 13.5. The fraction of sp³-hybridized carbons (Fsp3) is 0.206. The minimum Gasteiger partial charge on any atom is -0.365 e. The predicted molar refractivity (Wildman–Crippen MR) is 157 cm³/mol. The highest BCUT2D eigenvalue weighted by Gasteiger charge is 2.67. The minimum absolute atomic E-state index is 0.0301. The largest absolute Gasteiger partial charge is 0.365 e. The molecule has 0 spiro atoms. The zero-order valence-electron chi connectivity index (χ0n) is 23.4. The minimum atomic E-state index is -1.96. The highest BCUT2D eigenvalue weighted by molar-refractivity contribution is 6.12. The first-order valence-electron chi connectivity index (χ1n) is 14.3. The van der Waals surface area contributed by atoms with Crippen molar-refractivity contribution in [3.63, 3.8) is 0 Å². The number of aliphatic hydroxyl groups is 2. The molecular formula is C34H28N5O4+. The number of carbonyl (C=O) groups is 2. The Bertz CT molecular complexity index is 1950. The van der Waals surface area contributed by atoms with Gasteiger partial charge < -0.3 is 10.2 Å². The van der Waals surface area contributed by atoms with E-state index in [1.165, 1.54) is 0 Å². The maximum Gasteiger partial charge on any atom is 0.353 e. The number of amides is 2. The van der Waals surface area contributed by atoms with E-state index in [9.17, 15) is 19.8 Å². The van der Waals surface area contributed by atoms with Gasteiger partial charge in [-0.2, -0.15) is 14.5 Å². The van der Waals surface area contributed by atoms with E-state index in [4.69, 9.17) is 4.99 Å². The number of quaternary nitrogens is 1. The van der Waals surface area contributed by atoms with Gasteiger partial charge in [-0.15, -0.1) is 0 Å². The highest BCUT2D eigenvalue weighted by Crippen LogP contribution is 2.46. The highest BCUT2D eigenvalue weighted by atomic mass is 16.5. The standard InChI is InChI=1S/C34H27N5O4/c1-20-15-28-35-17-23-16-27(21-7-3-2-4-8-21)29(36-30(23)39(28)37-20)22-11-13-24(14-12-22)33(18-34(42,43)19-33)38-31(40)25-9-5-6-10-26(25)32(38)41/h2-15,17,27,42-43H,16,18-19H2,1H3/p+1. The average Bonchev–Trinajstić information content (AvgIpc) is 3.52. The molecule has 212 valence electrons. The second-order valence-corrected chi connectivity index (χ2v) is 11.9. The van der Waals surface area contributed by atoms with Gasteiger partial charge in [0.1, 0.15) is 5.54 Å². The number of nitrogens with one attached hydrogen (secondary N) is 1. The molecule has 4 heterocycles. The van der Waals surface area contributed by atoms with Gasteiger partial charge in [0.25, 0.3) is 0 Å². The summed E-state index contributed by atoms with van der Waals surface area (Å²) in [6.45, 7) is 1.93. The van der Waals surface area contributed by atoms with Crippen LogP contribution in [-0.4, -0.2) is 48.1 Å². The fourth-order valence-corrected chi connectivity index (χ4v) is 7.16. The third-order valence-electron chi connectivity index (χ3n) is 9.09. The van der Waals surface area contributed by atoms with Crippen molar-refractivity contribution >= 4 is 29.0 Å². The van der Waals surface area contributed by atoms with E-state index in [1.807, 2.05) is 61.7 Å². The molecule has 1 fully saturated rings. The molecule has 1 atom stereocenters. The van der Waals surface area contributed by atoms with Crippen LogP contribution in [0, 0.1) is 6.92 Å². The van der Waals surface area contributed by atoms with Crippen molar-refractivity contribution in [2.75, 3.05) is 0 Å². The molecule has 2 aliphatic heterocycles. The van der Waals surface area contributed by atoms with E-state index in [0.29, 0.717) is 23.1 Å². The number of aryl methyl sites for hydroxylation is 1. The number of aromatic nitrogens is 3. The number of imide groups is 1. The summed E-state index contributed by atoms with van der Waals surface area (Å²) in [4.78, 5) is 36.9. The van der Waals surface area contributed by atoms with E-state index < -0.39 is 11.3 Å². The number of nitrogens with zero attached hydrogens (tertiary/aromatic N) is 4. The Balaban J connectivity index is 1.23. The second-order valence-electron chi connectivity index (χ2n) is 11.9. The van der Waals surface area contributed by atoms with Gasteiger partial charge >= 0.3 is 11.8 Å². The van der Waals surface area contributed by atoms with Gasteiger partial charge in [-0.05, 0) is 36.6 Å². The summed E-state index contributed by atoms with van der Waals surface area (Å²) in [7, 11) is 0. The van der Waals surface area contributed by atoms with Crippen LogP contribution in [0.3, 0.4) is 0 Å². The van der Waals surface area contributed by atoms with Gasteiger partial charge in [-0.25, -0.2) is 19.6 Å². The van der Waals surface area contributed by atoms with Crippen molar-refractivity contribution in [2.24, 2.45) is 4.99 Å². The van der Waals surface area contributed by atoms with Crippen LogP contribution in [0.1, 0.15) is 67.4 Å². The Morgan fingerprint density at radius 3 is 2.19 bits per heavy atom. The Morgan fingerprint density at radius 1 is 0.884 bits per heavy atom. The lowest BCUT2D eigenvalue weighted by Gasteiger charge is -2.50. The summed E-state index contributed by atoms with van der Waals surface area (Å²) in [6, 6.07) is 26.6. The van der Waals surface area contributed by atoms with Crippen LogP contribution in [0.4, 0.5) is 5.82 Å². The summed E-state index contributed by atoms with van der Waals surface area (Å²) < 4.78 is 1.79. The van der Waals surface area contributed by atoms with E-state index in [0.717, 1.165) is 39.6 Å². The lowest BCUT2D eigenvalue weighted by molar-refractivity contribution is -0.817. The molecule has 1 aliphatic carbocycles. The first-order valence-corrected chi connectivity index (χ1v) is 14.3. The molecule has 0 saturated heterocycles. The van der Waals surface area contributed by atoms with Crippen molar-refractivity contribution < 1.29 is 24.7 Å². The average molecular weight is 571 g/mol. The summed E-state index contributed by atoms with van der Waals surface area (Å²) in [5, 5.41) is 25.5. The molecule has 0 radical (unpaired) electrons. The third-order valence-corrected chi connectivity index (χ3v) is 9.09. The monoisotopic (exact) mass is 570 g/mol. The number of fused-ring (bicyclic) bond motifs is 4. The Hall–Kier alpha value is -4.83. The van der Waals surface area contributed by atoms with Crippen molar-refractivity contribution in [1.82, 2.24) is 14.6 Å². The Kier molecular flexibility index (Phi) is 5.46. The van der Waals surface area contributed by atoms with E-state index in [1.54, 1.807) is 28.8 Å². The number of hydrogen-bond donors (Lipinski definition) is 3. The molecule has 2 aromatic heterocycles. The summed E-state index contributed by atoms with van der Waals surface area (Å²) in [5.74, 6) is -1.93. The SMILES string of the molecule is Cc1cc2ncc3c(n2n1)N=C(c1ccc(C2([NH+]4C(=O)c5ccccc5C4=O)CC(O)(O)C2)cc1)C(c1ccccc1)C3. The van der Waals surface area contributed by atoms with Crippen LogP contribution in [-0.2, 0) is 12.0 Å². The number of hydrogen-bond acceptors (Lipinski definition) is 7. The summed E-state index contributed by atoms with van der Waals surface area (Å²) in [6.07, 6.45) is 2.31. The molecule has 1 saturated carbocycles. The molecule has 1 unspecified atom stereocenters. The molecule has 5 aromatic rings. The van der Waals surface area contributed by atoms with Crippen molar-refractivity contribution in [1.29, 1.82) is 0 Å². The van der Waals surface area contributed by atoms with Crippen LogP contribution >= 0.6 is 0 Å². The number of benzene rings is 3. The summed E-state index contributed by atoms with van der Waals surface area (Å²) >= 11 is 0. The van der Waals surface area contributed by atoms with Crippen LogP contribution < -0.4 is 4.90 Å². The number of carbonyl (C=O) groups excluding carboxylic acids is 2. The zero-order valence-corrected chi connectivity index (χ0v) is 23.4. The molecule has 0 bridgehead atoms. The Labute approximate surface area is 246 Å². The number of aliphatic imine (C=N–C) groups is 1. The van der Waals surface area contributed by atoms with Crippen LogP contribution in [0.2, 0.25) is 0 Å². The Morgan fingerprint density at radius 2 is 1.53 bits per heavy atom. The van der Waals surface area contributed by atoms with Gasteiger partial charge in [-0.3, -0.25) is 0 Å². The molecule has 3 aliphatic rings. The quantitative estimate of drug-likeness (QED) is 0.226. The molecule has 8 rings (SSSR count). The lowest BCUT2D eigenvalue weighted by atomic mass is 9.66. The van der Waals surface area contributed by atoms with Crippen LogP contribution in [0.15, 0.2) is 96.1 Å². The molecular weight excluding hydrogens is 542 g/mol.